The molecule has 3 aromatic rings. The topological polar surface area (TPSA) is 89.1 Å². The van der Waals surface area contributed by atoms with E-state index in [0.29, 0.717) is 38.5 Å². The number of piperazine rings is 1. The molecule has 9 heteroatoms. The van der Waals surface area contributed by atoms with E-state index in [0.717, 1.165) is 5.56 Å². The molecular weight excluding hydrogens is 417 g/mol. The van der Waals surface area contributed by atoms with Crippen molar-refractivity contribution in [3.63, 3.8) is 0 Å². The summed E-state index contributed by atoms with van der Waals surface area (Å²) in [5.41, 5.74) is 0.898. The van der Waals surface area contributed by atoms with Crippen LogP contribution in [-0.2, 0) is 13.2 Å². The number of amides is 1. The molecule has 4 rings (SSSR count). The van der Waals surface area contributed by atoms with Crippen molar-refractivity contribution in [1.82, 2.24) is 9.80 Å². The van der Waals surface area contributed by atoms with Crippen LogP contribution in [0, 0.1) is 15.9 Å². The Bertz CT molecular complexity index is 1090. The fraction of sp³-hybridized carbons (Fsp3) is 0.261. The van der Waals surface area contributed by atoms with Crippen molar-refractivity contribution in [2.75, 3.05) is 26.2 Å². The fourth-order valence-corrected chi connectivity index (χ4v) is 3.56. The van der Waals surface area contributed by atoms with Crippen LogP contribution in [0.25, 0.3) is 0 Å². The average Bonchev–Trinajstić information content (AvgIpc) is 3.28. The van der Waals surface area contributed by atoms with Gasteiger partial charge in [0.25, 0.3) is 5.91 Å². The predicted molar refractivity (Wildman–Crippen MR) is 114 cm³/mol. The van der Waals surface area contributed by atoms with Crippen LogP contribution in [0.15, 0.2) is 65.1 Å². The molecule has 32 heavy (non-hydrogen) atoms. The molecule has 1 fully saturated rings. The van der Waals surface area contributed by atoms with Gasteiger partial charge >= 0.3 is 5.69 Å². The molecule has 0 bridgehead atoms. The summed E-state index contributed by atoms with van der Waals surface area (Å²) in [5.74, 6) is 0.288. The van der Waals surface area contributed by atoms with Gasteiger partial charge < -0.3 is 14.1 Å². The van der Waals surface area contributed by atoms with Crippen LogP contribution in [0.3, 0.4) is 0 Å². The highest BCUT2D eigenvalue weighted by atomic mass is 19.1. The maximum Gasteiger partial charge on any atom is 0.310 e. The van der Waals surface area contributed by atoms with Crippen molar-refractivity contribution in [1.29, 1.82) is 0 Å². The van der Waals surface area contributed by atoms with E-state index in [1.54, 1.807) is 41.3 Å². The third-order valence-electron chi connectivity index (χ3n) is 5.28. The molecular formula is C23H22FN3O5. The summed E-state index contributed by atoms with van der Waals surface area (Å²) in [5, 5.41) is 11.1. The molecule has 0 unspecified atom stereocenters. The van der Waals surface area contributed by atoms with E-state index in [1.165, 1.54) is 24.3 Å². The van der Waals surface area contributed by atoms with Crippen LogP contribution >= 0.6 is 0 Å². The Hall–Kier alpha value is -3.72. The number of nitro benzene ring substituents is 1. The zero-order valence-electron chi connectivity index (χ0n) is 17.3. The summed E-state index contributed by atoms with van der Waals surface area (Å²) in [6, 6.07) is 15.7. The minimum absolute atomic E-state index is 0.0242. The number of nitro groups is 1. The summed E-state index contributed by atoms with van der Waals surface area (Å²) in [6.45, 7) is 3.21. The van der Waals surface area contributed by atoms with Gasteiger partial charge in [-0.2, -0.15) is 0 Å². The number of carbonyl (C=O) groups is 1. The summed E-state index contributed by atoms with van der Waals surface area (Å²) < 4.78 is 24.2. The van der Waals surface area contributed by atoms with Crippen LogP contribution in [0.2, 0.25) is 0 Å². The molecule has 0 atom stereocenters. The number of carbonyl (C=O) groups excluding carboxylic acids is 1. The largest absolute Gasteiger partial charge is 0.479 e. The fourth-order valence-electron chi connectivity index (χ4n) is 3.56. The third kappa shape index (κ3) is 5.12. The highest BCUT2D eigenvalue weighted by molar-refractivity contribution is 5.91. The van der Waals surface area contributed by atoms with E-state index < -0.39 is 4.92 Å². The maximum absolute atomic E-state index is 13.1. The highest BCUT2D eigenvalue weighted by Crippen LogP contribution is 2.27. The van der Waals surface area contributed by atoms with Crippen molar-refractivity contribution in [3.05, 3.63) is 93.7 Å². The average molecular weight is 439 g/mol. The standard InChI is InChI=1S/C23H22FN3O5/c24-18-7-5-17(6-8-18)15-25-11-13-26(14-12-25)23(28)22-10-9-19(32-22)16-31-21-4-2-1-3-20(21)27(29)30/h1-10H,11-16H2. The molecule has 1 aliphatic rings. The van der Waals surface area contributed by atoms with Gasteiger partial charge in [-0.25, -0.2) is 4.39 Å². The lowest BCUT2D eigenvalue weighted by Gasteiger charge is -2.34. The number of rotatable bonds is 7. The van der Waals surface area contributed by atoms with E-state index in [-0.39, 0.29) is 35.5 Å². The van der Waals surface area contributed by atoms with Crippen molar-refractivity contribution in [2.45, 2.75) is 13.2 Å². The molecule has 1 saturated heterocycles. The van der Waals surface area contributed by atoms with Crippen LogP contribution in [0.5, 0.6) is 5.75 Å². The Morgan fingerprint density at radius 1 is 1.03 bits per heavy atom. The lowest BCUT2D eigenvalue weighted by atomic mass is 10.2. The SMILES string of the molecule is O=C(c1ccc(COc2ccccc2[N+](=O)[O-])o1)N1CCN(Cc2ccc(F)cc2)CC1. The number of ether oxygens (including phenoxy) is 1. The Morgan fingerprint density at radius 2 is 1.75 bits per heavy atom. The number of hydrogen-bond acceptors (Lipinski definition) is 6. The smallest absolute Gasteiger partial charge is 0.310 e. The van der Waals surface area contributed by atoms with E-state index in [2.05, 4.69) is 4.90 Å². The van der Waals surface area contributed by atoms with Gasteiger partial charge in [0.05, 0.1) is 4.92 Å². The Balaban J connectivity index is 1.29. The Labute approximate surface area is 184 Å². The zero-order chi connectivity index (χ0) is 22.5. The molecule has 0 aliphatic carbocycles. The molecule has 0 N–H and O–H groups in total. The molecule has 1 aromatic heterocycles. The number of hydrogen-bond donors (Lipinski definition) is 0. The van der Waals surface area contributed by atoms with E-state index in [4.69, 9.17) is 9.15 Å². The monoisotopic (exact) mass is 439 g/mol. The normalized spacial score (nSPS) is 14.3. The van der Waals surface area contributed by atoms with E-state index >= 15 is 0 Å². The second kappa shape index (κ2) is 9.61. The van der Waals surface area contributed by atoms with E-state index in [9.17, 15) is 19.3 Å². The number of benzene rings is 2. The van der Waals surface area contributed by atoms with E-state index in [1.807, 2.05) is 0 Å². The quantitative estimate of drug-likeness (QED) is 0.410. The van der Waals surface area contributed by atoms with Crippen LogP contribution < -0.4 is 4.74 Å². The summed E-state index contributed by atoms with van der Waals surface area (Å²) >= 11 is 0. The first-order chi connectivity index (χ1) is 15.5. The second-order valence-corrected chi connectivity index (χ2v) is 7.47. The van der Waals surface area contributed by atoms with Gasteiger partial charge in [-0.3, -0.25) is 19.8 Å². The number of para-hydroxylation sites is 2. The Kier molecular flexibility index (Phi) is 6.46. The molecule has 0 radical (unpaired) electrons. The Morgan fingerprint density at radius 3 is 2.47 bits per heavy atom. The van der Waals surface area contributed by atoms with Gasteiger partial charge in [-0.15, -0.1) is 0 Å². The molecule has 1 amide bonds. The van der Waals surface area contributed by atoms with Crippen molar-refractivity contribution < 1.29 is 23.3 Å². The molecule has 0 saturated carbocycles. The number of halogens is 1. The molecule has 166 valence electrons. The van der Waals surface area contributed by atoms with Crippen LogP contribution in [0.4, 0.5) is 10.1 Å². The minimum Gasteiger partial charge on any atom is -0.479 e. The van der Waals surface area contributed by atoms with Gasteiger partial charge in [0.2, 0.25) is 0 Å². The summed E-state index contributed by atoms with van der Waals surface area (Å²) in [6.07, 6.45) is 0. The zero-order valence-corrected chi connectivity index (χ0v) is 17.3. The molecule has 1 aliphatic heterocycles. The molecule has 8 nitrogen and oxygen atoms in total. The van der Waals surface area contributed by atoms with Gasteiger partial charge in [0.15, 0.2) is 11.5 Å². The highest BCUT2D eigenvalue weighted by Gasteiger charge is 2.24. The summed E-state index contributed by atoms with van der Waals surface area (Å²) in [7, 11) is 0. The minimum atomic E-state index is -0.512. The van der Waals surface area contributed by atoms with Gasteiger partial charge in [0, 0.05) is 38.8 Å². The van der Waals surface area contributed by atoms with Crippen LogP contribution in [-0.4, -0.2) is 46.8 Å². The lowest BCUT2D eigenvalue weighted by Crippen LogP contribution is -2.48. The first kappa shape index (κ1) is 21.5. The first-order valence-corrected chi connectivity index (χ1v) is 10.2. The number of furan rings is 1. The van der Waals surface area contributed by atoms with Crippen molar-refractivity contribution in [2.24, 2.45) is 0 Å². The maximum atomic E-state index is 13.1. The molecule has 2 aromatic carbocycles. The van der Waals surface area contributed by atoms with Gasteiger partial charge in [-0.1, -0.05) is 24.3 Å². The summed E-state index contributed by atoms with van der Waals surface area (Å²) in [4.78, 5) is 27.3. The first-order valence-electron chi connectivity index (χ1n) is 10.2. The van der Waals surface area contributed by atoms with Gasteiger partial charge in [0.1, 0.15) is 18.2 Å². The van der Waals surface area contributed by atoms with Crippen molar-refractivity contribution >= 4 is 11.6 Å². The molecule has 2 heterocycles. The van der Waals surface area contributed by atoms with Crippen LogP contribution in [0.1, 0.15) is 21.9 Å². The van der Waals surface area contributed by atoms with Gasteiger partial charge in [-0.05, 0) is 35.9 Å². The third-order valence-corrected chi connectivity index (χ3v) is 5.28. The second-order valence-electron chi connectivity index (χ2n) is 7.47. The van der Waals surface area contributed by atoms with Crippen molar-refractivity contribution in [3.8, 4) is 5.75 Å². The molecule has 0 spiro atoms. The lowest BCUT2D eigenvalue weighted by molar-refractivity contribution is -0.386. The number of nitrogens with zero attached hydrogens (tertiary/aromatic N) is 3. The predicted octanol–water partition coefficient (Wildman–Crippen LogP) is 3.86.